The maximum absolute atomic E-state index is 5.66. The van der Waals surface area contributed by atoms with Crippen molar-refractivity contribution in [2.24, 2.45) is 0 Å². The maximum atomic E-state index is 5.66. The summed E-state index contributed by atoms with van der Waals surface area (Å²) < 4.78 is 7.05. The summed E-state index contributed by atoms with van der Waals surface area (Å²) in [5.74, 6) is 0.659. The number of methoxy groups -OCH3 is 1. The summed E-state index contributed by atoms with van der Waals surface area (Å²) in [6.07, 6.45) is 2.84. The Balaban J connectivity index is 2.45. The highest BCUT2D eigenvalue weighted by Gasteiger charge is 2.11. The Morgan fingerprint density at radius 1 is 1.39 bits per heavy atom. The largest absolute Gasteiger partial charge is 0.481 e. The molecule has 2 aromatic heterocycles. The second-order valence-corrected chi connectivity index (χ2v) is 4.02. The number of anilines is 1. The Morgan fingerprint density at radius 2 is 2.17 bits per heavy atom. The van der Waals surface area contributed by atoms with Crippen LogP contribution >= 0.6 is 0 Å². The minimum absolute atomic E-state index is 0.201. The molecule has 0 unspecified atom stereocenters. The number of nitrogens with two attached hydrogens (primary N) is 1. The third-order valence-corrected chi connectivity index (χ3v) is 2.74. The molecule has 0 aliphatic rings. The van der Waals surface area contributed by atoms with Crippen molar-refractivity contribution >= 4 is 5.95 Å². The Kier molecular flexibility index (Phi) is 3.45. The third kappa shape index (κ3) is 2.27. The van der Waals surface area contributed by atoms with E-state index in [1.165, 1.54) is 0 Å². The Labute approximate surface area is 106 Å². The minimum Gasteiger partial charge on any atom is -0.481 e. The van der Waals surface area contributed by atoms with Gasteiger partial charge in [-0.25, -0.2) is 4.98 Å². The van der Waals surface area contributed by atoms with E-state index >= 15 is 0 Å². The highest BCUT2D eigenvalue weighted by atomic mass is 16.5. The molecule has 0 fully saturated rings. The van der Waals surface area contributed by atoms with Gasteiger partial charge in [0.15, 0.2) is 0 Å². The summed E-state index contributed by atoms with van der Waals surface area (Å²) in [5, 5.41) is 4.34. The van der Waals surface area contributed by atoms with Crippen molar-refractivity contribution in [2.45, 2.75) is 26.8 Å². The number of aryl methyl sites for hydroxylation is 1. The van der Waals surface area contributed by atoms with Crippen molar-refractivity contribution in [2.75, 3.05) is 12.8 Å². The predicted octanol–water partition coefficient (Wildman–Crippen LogP) is 1.65. The van der Waals surface area contributed by atoms with Crippen molar-refractivity contribution in [1.82, 2.24) is 19.7 Å². The lowest BCUT2D eigenvalue weighted by atomic mass is 10.2. The van der Waals surface area contributed by atoms with E-state index in [0.29, 0.717) is 5.88 Å². The van der Waals surface area contributed by atoms with Gasteiger partial charge in [0, 0.05) is 23.9 Å². The van der Waals surface area contributed by atoms with Gasteiger partial charge in [-0.05, 0) is 13.3 Å². The van der Waals surface area contributed by atoms with Crippen LogP contribution in [0.4, 0.5) is 5.95 Å². The molecule has 2 N–H and O–H groups in total. The summed E-state index contributed by atoms with van der Waals surface area (Å²) in [4.78, 5) is 8.19. The second kappa shape index (κ2) is 5.03. The molecule has 0 radical (unpaired) electrons. The fraction of sp³-hybridized carbons (Fsp3) is 0.417. The van der Waals surface area contributed by atoms with E-state index in [1.54, 1.807) is 19.4 Å². The van der Waals surface area contributed by atoms with Gasteiger partial charge in [0.05, 0.1) is 19.0 Å². The number of hydrogen-bond donors (Lipinski definition) is 1. The topological polar surface area (TPSA) is 78.8 Å². The van der Waals surface area contributed by atoms with Crippen molar-refractivity contribution < 1.29 is 4.74 Å². The molecule has 2 aromatic rings. The number of aromatic nitrogens is 4. The first-order valence-corrected chi connectivity index (χ1v) is 5.87. The van der Waals surface area contributed by atoms with E-state index in [-0.39, 0.29) is 5.95 Å². The summed E-state index contributed by atoms with van der Waals surface area (Å²) >= 11 is 0. The van der Waals surface area contributed by atoms with Crippen LogP contribution in [0.3, 0.4) is 0 Å². The highest BCUT2D eigenvalue weighted by Crippen LogP contribution is 2.24. The van der Waals surface area contributed by atoms with Gasteiger partial charge in [-0.3, -0.25) is 4.68 Å². The number of rotatable bonds is 4. The van der Waals surface area contributed by atoms with Crippen molar-refractivity contribution in [3.05, 3.63) is 18.0 Å². The van der Waals surface area contributed by atoms with Crippen molar-refractivity contribution in [3.63, 3.8) is 0 Å². The van der Waals surface area contributed by atoms with E-state index < -0.39 is 0 Å². The average molecular weight is 247 g/mol. The van der Waals surface area contributed by atoms with Crippen molar-refractivity contribution in [3.8, 4) is 17.1 Å². The molecule has 6 nitrogen and oxygen atoms in total. The van der Waals surface area contributed by atoms with Gasteiger partial charge in [-0.15, -0.1) is 0 Å². The van der Waals surface area contributed by atoms with Gasteiger partial charge in [0.2, 0.25) is 11.8 Å². The molecule has 0 aliphatic carbocycles. The molecule has 0 saturated heterocycles. The molecule has 0 bridgehead atoms. The van der Waals surface area contributed by atoms with Gasteiger partial charge >= 0.3 is 0 Å². The Morgan fingerprint density at radius 3 is 2.83 bits per heavy atom. The molecule has 18 heavy (non-hydrogen) atoms. The monoisotopic (exact) mass is 247 g/mol. The third-order valence-electron chi connectivity index (χ3n) is 2.74. The lowest BCUT2D eigenvalue weighted by Crippen LogP contribution is -2.02. The van der Waals surface area contributed by atoms with Crippen LogP contribution < -0.4 is 10.5 Å². The van der Waals surface area contributed by atoms with Gasteiger partial charge < -0.3 is 10.5 Å². The summed E-state index contributed by atoms with van der Waals surface area (Å²) in [6, 6.07) is 1.76. The molecule has 6 heteroatoms. The molecular weight excluding hydrogens is 230 g/mol. The number of nitrogen functional groups attached to an aromatic ring is 1. The van der Waals surface area contributed by atoms with E-state index in [4.69, 9.17) is 10.5 Å². The van der Waals surface area contributed by atoms with Crippen LogP contribution in [-0.4, -0.2) is 26.9 Å². The quantitative estimate of drug-likeness (QED) is 0.888. The lowest BCUT2D eigenvalue weighted by Gasteiger charge is -2.05. The van der Waals surface area contributed by atoms with Crippen LogP contribution in [-0.2, 0) is 6.54 Å². The standard InChI is InChI=1S/C12H17N5O/c1-4-5-17-8(2)9(7-14-17)10-6-11(18-3)16-12(13)15-10/h6-7H,4-5H2,1-3H3,(H2,13,15,16). The normalized spacial score (nSPS) is 10.6. The minimum atomic E-state index is 0.201. The van der Waals surface area contributed by atoms with E-state index in [9.17, 15) is 0 Å². The van der Waals surface area contributed by atoms with Gasteiger partial charge in [-0.2, -0.15) is 10.1 Å². The second-order valence-electron chi connectivity index (χ2n) is 4.02. The van der Waals surface area contributed by atoms with E-state index in [1.807, 2.05) is 11.6 Å². The summed E-state index contributed by atoms with van der Waals surface area (Å²) in [5.41, 5.74) is 8.41. The first-order valence-electron chi connectivity index (χ1n) is 5.87. The zero-order chi connectivity index (χ0) is 13.1. The zero-order valence-corrected chi connectivity index (χ0v) is 10.8. The smallest absolute Gasteiger partial charge is 0.223 e. The van der Waals surface area contributed by atoms with Gasteiger partial charge in [0.1, 0.15) is 0 Å². The number of ether oxygens (including phenoxy) is 1. The molecular formula is C12H17N5O. The number of hydrogen-bond acceptors (Lipinski definition) is 5. The molecule has 2 heterocycles. The fourth-order valence-electron chi connectivity index (χ4n) is 1.82. The zero-order valence-electron chi connectivity index (χ0n) is 10.8. The van der Waals surface area contributed by atoms with Crippen molar-refractivity contribution in [1.29, 1.82) is 0 Å². The SMILES string of the molecule is CCCn1ncc(-c2cc(OC)nc(N)n2)c1C. The van der Waals surface area contributed by atoms with E-state index in [2.05, 4.69) is 22.0 Å². The fourth-order valence-corrected chi connectivity index (χ4v) is 1.82. The summed E-state index contributed by atoms with van der Waals surface area (Å²) in [7, 11) is 1.55. The van der Waals surface area contributed by atoms with E-state index in [0.717, 1.165) is 29.9 Å². The highest BCUT2D eigenvalue weighted by molar-refractivity contribution is 5.63. The molecule has 0 saturated carbocycles. The van der Waals surface area contributed by atoms with Crippen LogP contribution in [0.25, 0.3) is 11.3 Å². The number of nitrogens with zero attached hydrogens (tertiary/aromatic N) is 4. The van der Waals surface area contributed by atoms with Crippen LogP contribution in [0.15, 0.2) is 12.3 Å². The predicted molar refractivity (Wildman–Crippen MR) is 69.2 cm³/mol. The first-order chi connectivity index (χ1) is 8.65. The average Bonchev–Trinajstić information content (AvgIpc) is 2.71. The summed E-state index contributed by atoms with van der Waals surface area (Å²) in [6.45, 7) is 5.03. The van der Waals surface area contributed by atoms with Gasteiger partial charge in [0.25, 0.3) is 0 Å². The van der Waals surface area contributed by atoms with Crippen LogP contribution in [0.2, 0.25) is 0 Å². The molecule has 0 aliphatic heterocycles. The molecule has 2 rings (SSSR count). The molecule has 96 valence electrons. The first kappa shape index (κ1) is 12.3. The lowest BCUT2D eigenvalue weighted by molar-refractivity contribution is 0.398. The van der Waals surface area contributed by atoms with Gasteiger partial charge in [-0.1, -0.05) is 6.92 Å². The Bertz CT molecular complexity index is 549. The Hall–Kier alpha value is -2.11. The molecule has 0 aromatic carbocycles. The molecule has 0 amide bonds. The molecule has 0 atom stereocenters. The van der Waals surface area contributed by atoms with Crippen LogP contribution in [0.5, 0.6) is 5.88 Å². The maximum Gasteiger partial charge on any atom is 0.223 e. The van der Waals surface area contributed by atoms with Crippen LogP contribution in [0, 0.1) is 6.92 Å². The molecule has 0 spiro atoms. The van der Waals surface area contributed by atoms with Crippen LogP contribution in [0.1, 0.15) is 19.0 Å².